The Morgan fingerprint density at radius 2 is 2.00 bits per heavy atom. The zero-order valence-corrected chi connectivity index (χ0v) is 9.02. The third-order valence-corrected chi connectivity index (χ3v) is 4.71. The lowest BCUT2D eigenvalue weighted by atomic mass is 9.71. The predicted octanol–water partition coefficient (Wildman–Crippen LogP) is 2.88. The summed E-state index contributed by atoms with van der Waals surface area (Å²) in [5, 5.41) is 3.50. The van der Waals surface area contributed by atoms with E-state index in [1.165, 1.54) is 58.0 Å². The van der Waals surface area contributed by atoms with Crippen LogP contribution in [0.15, 0.2) is 11.6 Å². The lowest BCUT2D eigenvalue weighted by molar-refractivity contribution is 0.258. The van der Waals surface area contributed by atoms with Gasteiger partial charge < -0.3 is 5.32 Å². The van der Waals surface area contributed by atoms with Gasteiger partial charge in [0.25, 0.3) is 0 Å². The minimum absolute atomic E-state index is 0.663. The van der Waals surface area contributed by atoms with Crippen molar-refractivity contribution < 1.29 is 0 Å². The third kappa shape index (κ3) is 1.25. The summed E-state index contributed by atoms with van der Waals surface area (Å²) in [4.78, 5) is 0. The highest BCUT2D eigenvalue weighted by Gasteiger charge is 2.44. The van der Waals surface area contributed by atoms with Crippen molar-refractivity contribution in [2.45, 2.75) is 44.9 Å². The van der Waals surface area contributed by atoms with Crippen molar-refractivity contribution in [3.63, 3.8) is 0 Å². The van der Waals surface area contributed by atoms with E-state index in [0.717, 1.165) is 5.92 Å². The van der Waals surface area contributed by atoms with Crippen LogP contribution in [0.4, 0.5) is 0 Å². The first kappa shape index (κ1) is 8.96. The maximum absolute atomic E-state index is 3.50. The van der Waals surface area contributed by atoms with Gasteiger partial charge in [-0.15, -0.1) is 0 Å². The molecule has 1 saturated heterocycles. The van der Waals surface area contributed by atoms with Gasteiger partial charge in [-0.1, -0.05) is 11.6 Å². The molecule has 1 N–H and O–H groups in total. The highest BCUT2D eigenvalue weighted by atomic mass is 14.9. The summed E-state index contributed by atoms with van der Waals surface area (Å²) in [6.07, 6.45) is 12.7. The fourth-order valence-corrected chi connectivity index (χ4v) is 3.93. The topological polar surface area (TPSA) is 12.0 Å². The Morgan fingerprint density at radius 3 is 2.86 bits per heavy atom. The fourth-order valence-electron chi connectivity index (χ4n) is 3.93. The van der Waals surface area contributed by atoms with Crippen LogP contribution in [0.2, 0.25) is 0 Å². The summed E-state index contributed by atoms with van der Waals surface area (Å²) in [6, 6.07) is 0. The van der Waals surface area contributed by atoms with Crippen molar-refractivity contribution in [2.75, 3.05) is 13.1 Å². The lowest BCUT2D eigenvalue weighted by Crippen LogP contribution is -2.36. The summed E-state index contributed by atoms with van der Waals surface area (Å²) < 4.78 is 0. The molecule has 14 heavy (non-hydrogen) atoms. The van der Waals surface area contributed by atoms with Gasteiger partial charge in [0.1, 0.15) is 0 Å². The lowest BCUT2D eigenvalue weighted by Gasteiger charge is -2.37. The molecule has 1 atom stereocenters. The van der Waals surface area contributed by atoms with Crippen LogP contribution in [0.1, 0.15) is 44.9 Å². The Morgan fingerprint density at radius 1 is 1.14 bits per heavy atom. The molecule has 0 aromatic heterocycles. The molecule has 0 aromatic rings. The van der Waals surface area contributed by atoms with Crippen LogP contribution in [0.3, 0.4) is 0 Å². The molecular weight excluding hydrogens is 170 g/mol. The average molecular weight is 191 g/mol. The zero-order chi connectivity index (χ0) is 9.43. The fraction of sp³-hybridized carbons (Fsp3) is 0.846. The summed E-state index contributed by atoms with van der Waals surface area (Å²) in [7, 11) is 0. The Kier molecular flexibility index (Phi) is 2.16. The van der Waals surface area contributed by atoms with Crippen molar-refractivity contribution in [1.82, 2.24) is 5.32 Å². The number of hydrogen-bond donors (Lipinski definition) is 1. The van der Waals surface area contributed by atoms with Crippen LogP contribution >= 0.6 is 0 Å². The molecule has 3 aliphatic rings. The first-order valence-electron chi connectivity index (χ1n) is 6.32. The van der Waals surface area contributed by atoms with Crippen molar-refractivity contribution in [3.8, 4) is 0 Å². The Balaban J connectivity index is 1.88. The first-order valence-corrected chi connectivity index (χ1v) is 6.32. The van der Waals surface area contributed by atoms with Gasteiger partial charge in [0.15, 0.2) is 0 Å². The summed E-state index contributed by atoms with van der Waals surface area (Å²) in [5.74, 6) is 0.988. The molecule has 2 fully saturated rings. The molecule has 0 bridgehead atoms. The molecule has 1 unspecified atom stereocenters. The highest BCUT2D eigenvalue weighted by Crippen LogP contribution is 2.54. The molecule has 2 aliphatic carbocycles. The van der Waals surface area contributed by atoms with Crippen LogP contribution in [0.25, 0.3) is 0 Å². The van der Waals surface area contributed by atoms with E-state index in [1.807, 2.05) is 5.57 Å². The van der Waals surface area contributed by atoms with Crippen LogP contribution < -0.4 is 5.32 Å². The second kappa shape index (κ2) is 3.37. The van der Waals surface area contributed by atoms with E-state index in [0.29, 0.717) is 5.41 Å². The van der Waals surface area contributed by atoms with Crippen LogP contribution in [0, 0.1) is 11.3 Å². The largest absolute Gasteiger partial charge is 0.317 e. The molecule has 0 aromatic carbocycles. The molecule has 1 saturated carbocycles. The van der Waals surface area contributed by atoms with E-state index in [-0.39, 0.29) is 0 Å². The number of hydrogen-bond acceptors (Lipinski definition) is 1. The Labute approximate surface area is 87.0 Å². The van der Waals surface area contributed by atoms with E-state index in [1.54, 1.807) is 0 Å². The zero-order valence-electron chi connectivity index (χ0n) is 9.02. The van der Waals surface area contributed by atoms with Crippen LogP contribution in [-0.4, -0.2) is 13.1 Å². The van der Waals surface area contributed by atoms with Gasteiger partial charge in [-0.05, 0) is 69.4 Å². The van der Waals surface area contributed by atoms with Crippen molar-refractivity contribution in [3.05, 3.63) is 11.6 Å². The SMILES string of the molecule is C1=C2C(CCC1)CCC21CCNCC1. The molecule has 1 spiro atoms. The monoisotopic (exact) mass is 191 g/mol. The van der Waals surface area contributed by atoms with Crippen molar-refractivity contribution >= 4 is 0 Å². The van der Waals surface area contributed by atoms with Crippen molar-refractivity contribution in [1.29, 1.82) is 0 Å². The van der Waals surface area contributed by atoms with Gasteiger partial charge in [-0.2, -0.15) is 0 Å². The van der Waals surface area contributed by atoms with Gasteiger partial charge in [-0.3, -0.25) is 0 Å². The smallest absolute Gasteiger partial charge is 0.00405 e. The Bertz CT molecular complexity index is 248. The van der Waals surface area contributed by atoms with E-state index < -0.39 is 0 Å². The van der Waals surface area contributed by atoms with E-state index in [4.69, 9.17) is 0 Å². The number of allylic oxidation sites excluding steroid dienone is 2. The maximum Gasteiger partial charge on any atom is -0.00405 e. The first-order chi connectivity index (χ1) is 6.91. The van der Waals surface area contributed by atoms with Crippen LogP contribution in [0.5, 0.6) is 0 Å². The third-order valence-electron chi connectivity index (χ3n) is 4.71. The summed E-state index contributed by atoms with van der Waals surface area (Å²) in [6.45, 7) is 2.51. The summed E-state index contributed by atoms with van der Waals surface area (Å²) in [5.41, 5.74) is 2.54. The standard InChI is InChI=1S/C13H21N/c1-2-4-12-11(3-1)5-6-13(12)7-9-14-10-8-13/h4,11,14H,1-3,5-10H2. The van der Waals surface area contributed by atoms with E-state index in [2.05, 4.69) is 11.4 Å². The molecule has 78 valence electrons. The van der Waals surface area contributed by atoms with E-state index >= 15 is 0 Å². The quantitative estimate of drug-likeness (QED) is 0.581. The molecule has 3 rings (SSSR count). The molecule has 1 heterocycles. The average Bonchev–Trinajstić information content (AvgIpc) is 2.60. The number of nitrogens with one attached hydrogen (secondary N) is 1. The predicted molar refractivity (Wildman–Crippen MR) is 59.2 cm³/mol. The van der Waals surface area contributed by atoms with Gasteiger partial charge in [0, 0.05) is 0 Å². The number of rotatable bonds is 0. The van der Waals surface area contributed by atoms with Gasteiger partial charge >= 0.3 is 0 Å². The second-order valence-corrected chi connectivity index (χ2v) is 5.36. The second-order valence-electron chi connectivity index (χ2n) is 5.36. The van der Waals surface area contributed by atoms with Crippen LogP contribution in [-0.2, 0) is 0 Å². The van der Waals surface area contributed by atoms with Gasteiger partial charge in [0.05, 0.1) is 0 Å². The molecule has 0 radical (unpaired) electrons. The van der Waals surface area contributed by atoms with Gasteiger partial charge in [-0.25, -0.2) is 0 Å². The molecular formula is C13H21N. The highest BCUT2D eigenvalue weighted by molar-refractivity contribution is 5.25. The molecule has 1 aliphatic heterocycles. The number of fused-ring (bicyclic) bond motifs is 2. The molecule has 1 nitrogen and oxygen atoms in total. The Hall–Kier alpha value is -0.300. The normalized spacial score (nSPS) is 35.4. The maximum atomic E-state index is 3.50. The minimum atomic E-state index is 0.663. The molecule has 0 amide bonds. The van der Waals surface area contributed by atoms with E-state index in [9.17, 15) is 0 Å². The van der Waals surface area contributed by atoms with Crippen molar-refractivity contribution in [2.24, 2.45) is 11.3 Å². The van der Waals surface area contributed by atoms with Gasteiger partial charge in [0.2, 0.25) is 0 Å². The summed E-state index contributed by atoms with van der Waals surface area (Å²) >= 11 is 0. The minimum Gasteiger partial charge on any atom is -0.317 e. The molecule has 1 heteroatoms. The number of piperidine rings is 1.